The zero-order valence-corrected chi connectivity index (χ0v) is 14.7. The first kappa shape index (κ1) is 19.4. The zero-order valence-electron chi connectivity index (χ0n) is 13.9. The summed E-state index contributed by atoms with van der Waals surface area (Å²) in [5.74, 6) is 0.754. The van der Waals surface area contributed by atoms with Gasteiger partial charge in [0.15, 0.2) is 0 Å². The first-order valence-electron chi connectivity index (χ1n) is 8.37. The molecule has 0 spiro atoms. The highest BCUT2D eigenvalue weighted by Crippen LogP contribution is 2.15. The molecule has 1 aromatic rings. The summed E-state index contributed by atoms with van der Waals surface area (Å²) in [6, 6.07) is 7.19. The van der Waals surface area contributed by atoms with E-state index in [4.69, 9.17) is 26.2 Å². The van der Waals surface area contributed by atoms with Crippen molar-refractivity contribution in [3.8, 4) is 5.75 Å². The van der Waals surface area contributed by atoms with Crippen molar-refractivity contribution in [1.29, 1.82) is 0 Å². The monoisotopic (exact) mass is 358 g/mol. The minimum Gasteiger partial charge on any atom is -0.491 e. The molecule has 0 aromatic heterocycles. The predicted molar refractivity (Wildman–Crippen MR) is 93.7 cm³/mol. The predicted octanol–water partition coefficient (Wildman–Crippen LogP) is 0.706. The van der Waals surface area contributed by atoms with Gasteiger partial charge in [-0.15, -0.1) is 0 Å². The number of hydrogen-bond donors (Lipinski definition) is 2. The maximum absolute atomic E-state index is 10.0. The average Bonchev–Trinajstić information content (AvgIpc) is 2.58. The Bertz CT molecular complexity index is 452. The molecule has 1 heterocycles. The third-order valence-corrected chi connectivity index (χ3v) is 4.22. The van der Waals surface area contributed by atoms with Gasteiger partial charge in [-0.25, -0.2) is 0 Å². The van der Waals surface area contributed by atoms with E-state index in [9.17, 15) is 5.11 Å². The van der Waals surface area contributed by atoms with E-state index in [1.54, 1.807) is 12.1 Å². The van der Waals surface area contributed by atoms with Crippen LogP contribution >= 0.6 is 11.6 Å². The lowest BCUT2D eigenvalue weighted by atomic mass is 10.2. The summed E-state index contributed by atoms with van der Waals surface area (Å²) >= 11 is 5.81. The highest BCUT2D eigenvalue weighted by Gasteiger charge is 2.18. The average molecular weight is 359 g/mol. The molecular formula is C17H27ClN2O4. The number of rotatable bonds is 10. The van der Waals surface area contributed by atoms with Crippen molar-refractivity contribution >= 4 is 11.6 Å². The summed E-state index contributed by atoms with van der Waals surface area (Å²) in [7, 11) is 0. The van der Waals surface area contributed by atoms with Crippen LogP contribution in [0.3, 0.4) is 0 Å². The molecule has 1 atom stereocenters. The van der Waals surface area contributed by atoms with Crippen LogP contribution in [0.15, 0.2) is 24.3 Å². The number of benzene rings is 1. The Kier molecular flexibility index (Phi) is 8.80. The van der Waals surface area contributed by atoms with Crippen molar-refractivity contribution < 1.29 is 19.7 Å². The summed E-state index contributed by atoms with van der Waals surface area (Å²) in [4.78, 5) is 4.46. The number of nitrogens with zero attached hydrogens (tertiary/aromatic N) is 2. The molecule has 2 rings (SSSR count). The summed E-state index contributed by atoms with van der Waals surface area (Å²) in [6.45, 7) is 6.42. The lowest BCUT2D eigenvalue weighted by Gasteiger charge is -2.35. The van der Waals surface area contributed by atoms with E-state index in [0.29, 0.717) is 31.4 Å². The van der Waals surface area contributed by atoms with Gasteiger partial charge in [0.25, 0.3) is 0 Å². The van der Waals surface area contributed by atoms with Crippen molar-refractivity contribution in [1.82, 2.24) is 9.80 Å². The van der Waals surface area contributed by atoms with Crippen LogP contribution < -0.4 is 4.74 Å². The minimum atomic E-state index is -0.495. The Morgan fingerprint density at radius 3 is 2.38 bits per heavy atom. The van der Waals surface area contributed by atoms with Crippen LogP contribution in [0.1, 0.15) is 0 Å². The van der Waals surface area contributed by atoms with Crippen LogP contribution in [0.5, 0.6) is 5.75 Å². The highest BCUT2D eigenvalue weighted by molar-refractivity contribution is 6.30. The molecule has 136 valence electrons. The first-order chi connectivity index (χ1) is 11.7. The van der Waals surface area contributed by atoms with Crippen LogP contribution in [-0.2, 0) is 4.74 Å². The Morgan fingerprint density at radius 1 is 1.04 bits per heavy atom. The number of β-amino-alcohol motifs (C(OH)–C–C–N with tert-alkyl or cyclic N) is 2. The molecule has 7 heteroatoms. The van der Waals surface area contributed by atoms with Gasteiger partial charge in [-0.2, -0.15) is 0 Å². The number of halogens is 1. The maximum atomic E-state index is 10.0. The Morgan fingerprint density at radius 2 is 1.71 bits per heavy atom. The van der Waals surface area contributed by atoms with Gasteiger partial charge in [-0.1, -0.05) is 11.6 Å². The minimum absolute atomic E-state index is 0.203. The van der Waals surface area contributed by atoms with Gasteiger partial charge in [0.1, 0.15) is 12.4 Å². The van der Waals surface area contributed by atoms with Gasteiger partial charge in [-0.3, -0.25) is 9.80 Å². The van der Waals surface area contributed by atoms with E-state index >= 15 is 0 Å². The van der Waals surface area contributed by atoms with E-state index < -0.39 is 6.10 Å². The number of hydrogen-bond acceptors (Lipinski definition) is 6. The highest BCUT2D eigenvalue weighted by atomic mass is 35.5. The van der Waals surface area contributed by atoms with Crippen molar-refractivity contribution in [2.75, 3.05) is 65.7 Å². The van der Waals surface area contributed by atoms with Crippen molar-refractivity contribution in [2.24, 2.45) is 0 Å². The molecule has 1 aromatic carbocycles. The summed E-state index contributed by atoms with van der Waals surface area (Å²) in [5.41, 5.74) is 0. The summed E-state index contributed by atoms with van der Waals surface area (Å²) < 4.78 is 11.0. The molecule has 24 heavy (non-hydrogen) atoms. The molecular weight excluding hydrogens is 332 g/mol. The fourth-order valence-corrected chi connectivity index (χ4v) is 2.78. The second-order valence-corrected chi connectivity index (χ2v) is 6.33. The number of aliphatic hydroxyl groups excluding tert-OH is 2. The van der Waals surface area contributed by atoms with Gasteiger partial charge in [0, 0.05) is 44.3 Å². The molecule has 0 radical (unpaired) electrons. The first-order valence-corrected chi connectivity index (χ1v) is 8.75. The van der Waals surface area contributed by atoms with Gasteiger partial charge >= 0.3 is 0 Å². The number of ether oxygens (including phenoxy) is 2. The van der Waals surface area contributed by atoms with Gasteiger partial charge < -0.3 is 19.7 Å². The van der Waals surface area contributed by atoms with Gasteiger partial charge in [0.2, 0.25) is 0 Å². The topological polar surface area (TPSA) is 65.4 Å². The fraction of sp³-hybridized carbons (Fsp3) is 0.647. The molecule has 1 fully saturated rings. The van der Waals surface area contributed by atoms with Crippen LogP contribution in [-0.4, -0.2) is 91.8 Å². The van der Waals surface area contributed by atoms with E-state index in [1.807, 2.05) is 12.1 Å². The molecule has 6 nitrogen and oxygen atoms in total. The van der Waals surface area contributed by atoms with Crippen LogP contribution in [0.2, 0.25) is 5.02 Å². The lowest BCUT2D eigenvalue weighted by molar-refractivity contribution is -0.000762. The SMILES string of the molecule is OCCN1CCN(CC(O)COCCOc2ccc(Cl)cc2)CC1. The van der Waals surface area contributed by atoms with Crippen LogP contribution in [0.25, 0.3) is 0 Å². The van der Waals surface area contributed by atoms with E-state index in [0.717, 1.165) is 38.5 Å². The van der Waals surface area contributed by atoms with Gasteiger partial charge in [0.05, 0.1) is 25.9 Å². The fourth-order valence-electron chi connectivity index (χ4n) is 2.66. The molecule has 2 N–H and O–H groups in total. The Balaban J connectivity index is 1.51. The van der Waals surface area contributed by atoms with Crippen LogP contribution in [0, 0.1) is 0 Å². The molecule has 0 amide bonds. The number of aliphatic hydroxyl groups is 2. The molecule has 0 aliphatic carbocycles. The van der Waals surface area contributed by atoms with E-state index in [1.165, 1.54) is 0 Å². The summed E-state index contributed by atoms with van der Waals surface area (Å²) in [6.07, 6.45) is -0.495. The second-order valence-electron chi connectivity index (χ2n) is 5.90. The quantitative estimate of drug-likeness (QED) is 0.600. The van der Waals surface area contributed by atoms with Crippen molar-refractivity contribution in [3.05, 3.63) is 29.3 Å². The van der Waals surface area contributed by atoms with E-state index in [-0.39, 0.29) is 6.61 Å². The molecule has 0 bridgehead atoms. The standard InChI is InChI=1S/C17H27ClN2O4/c18-15-1-3-17(4-2-15)24-12-11-23-14-16(22)13-20-7-5-19(6-8-20)9-10-21/h1-4,16,21-22H,5-14H2. The smallest absolute Gasteiger partial charge is 0.119 e. The van der Waals surface area contributed by atoms with Crippen molar-refractivity contribution in [2.45, 2.75) is 6.10 Å². The normalized spacial score (nSPS) is 17.8. The second kappa shape index (κ2) is 10.9. The third-order valence-electron chi connectivity index (χ3n) is 3.97. The lowest BCUT2D eigenvalue weighted by Crippen LogP contribution is -2.49. The van der Waals surface area contributed by atoms with Crippen molar-refractivity contribution in [3.63, 3.8) is 0 Å². The molecule has 0 saturated carbocycles. The number of piperazine rings is 1. The van der Waals surface area contributed by atoms with Gasteiger partial charge in [-0.05, 0) is 24.3 Å². The maximum Gasteiger partial charge on any atom is 0.119 e. The van der Waals surface area contributed by atoms with E-state index in [2.05, 4.69) is 9.80 Å². The Labute approximate surface area is 148 Å². The van der Waals surface area contributed by atoms with Crippen LogP contribution in [0.4, 0.5) is 0 Å². The largest absolute Gasteiger partial charge is 0.491 e. The molecule has 1 unspecified atom stereocenters. The zero-order chi connectivity index (χ0) is 17.2. The summed E-state index contributed by atoms with van der Waals surface area (Å²) in [5, 5.41) is 19.6. The third kappa shape index (κ3) is 7.34. The molecule has 1 aliphatic rings. The molecule has 1 aliphatic heterocycles. The molecule has 1 saturated heterocycles. The Hall–Kier alpha value is -0.890.